The Balaban J connectivity index is 1.80. The number of amides is 2. The molecule has 2 amide bonds. The van der Waals surface area contributed by atoms with Crippen LogP contribution in [0, 0.1) is 0 Å². The summed E-state index contributed by atoms with van der Waals surface area (Å²) < 4.78 is 0. The first-order chi connectivity index (χ1) is 11.7. The van der Waals surface area contributed by atoms with E-state index in [1.54, 1.807) is 12.1 Å². The molecule has 0 aliphatic heterocycles. The zero-order valence-corrected chi connectivity index (χ0v) is 14.0. The van der Waals surface area contributed by atoms with Gasteiger partial charge in [0, 0.05) is 18.7 Å². The van der Waals surface area contributed by atoms with Gasteiger partial charge in [-0.1, -0.05) is 61.9 Å². The highest BCUT2D eigenvalue weighted by Crippen LogP contribution is 2.21. The second-order valence-corrected chi connectivity index (χ2v) is 5.66. The van der Waals surface area contributed by atoms with Crippen LogP contribution in [0.5, 0.6) is 0 Å². The summed E-state index contributed by atoms with van der Waals surface area (Å²) in [4.78, 5) is 24.3. The smallest absolute Gasteiger partial charge is 0.251 e. The molecular formula is C20H24N2O2. The van der Waals surface area contributed by atoms with Gasteiger partial charge in [-0.15, -0.1) is 0 Å². The van der Waals surface area contributed by atoms with E-state index >= 15 is 0 Å². The van der Waals surface area contributed by atoms with Crippen molar-refractivity contribution in [3.8, 4) is 0 Å². The maximum absolute atomic E-state index is 12.4. The zero-order valence-electron chi connectivity index (χ0n) is 14.0. The third-order valence-corrected chi connectivity index (χ3v) is 3.84. The molecule has 0 spiro atoms. The Morgan fingerprint density at radius 1 is 0.875 bits per heavy atom. The summed E-state index contributed by atoms with van der Waals surface area (Å²) in [5, 5.41) is 5.73. The molecule has 0 saturated heterocycles. The number of hydrogen-bond donors (Lipinski definition) is 2. The van der Waals surface area contributed by atoms with Crippen LogP contribution in [-0.2, 0) is 4.79 Å². The summed E-state index contributed by atoms with van der Waals surface area (Å²) in [7, 11) is 0. The largest absolute Gasteiger partial charge is 0.354 e. The van der Waals surface area contributed by atoms with Gasteiger partial charge in [-0.2, -0.15) is 0 Å². The molecule has 0 heterocycles. The van der Waals surface area contributed by atoms with E-state index in [9.17, 15) is 9.59 Å². The number of carbonyl (C=O) groups is 2. The Bertz CT molecular complexity index is 641. The molecule has 2 aromatic rings. The lowest BCUT2D eigenvalue weighted by Gasteiger charge is -2.16. The molecule has 2 rings (SSSR count). The van der Waals surface area contributed by atoms with Gasteiger partial charge >= 0.3 is 0 Å². The molecule has 0 aromatic heterocycles. The Morgan fingerprint density at radius 2 is 1.46 bits per heavy atom. The van der Waals surface area contributed by atoms with Gasteiger partial charge in [-0.3, -0.25) is 9.59 Å². The molecule has 126 valence electrons. The first-order valence-corrected chi connectivity index (χ1v) is 8.38. The molecular weight excluding hydrogens is 300 g/mol. The topological polar surface area (TPSA) is 58.2 Å². The molecule has 2 aromatic carbocycles. The molecule has 0 bridgehead atoms. The van der Waals surface area contributed by atoms with Crippen LogP contribution in [0.25, 0.3) is 0 Å². The fourth-order valence-corrected chi connectivity index (χ4v) is 2.60. The van der Waals surface area contributed by atoms with Gasteiger partial charge in [0.05, 0.1) is 5.92 Å². The van der Waals surface area contributed by atoms with E-state index in [1.807, 2.05) is 48.5 Å². The van der Waals surface area contributed by atoms with E-state index in [4.69, 9.17) is 0 Å². The fourth-order valence-electron chi connectivity index (χ4n) is 2.60. The summed E-state index contributed by atoms with van der Waals surface area (Å²) in [5.41, 5.74) is 1.65. The minimum atomic E-state index is -0.138. The van der Waals surface area contributed by atoms with Crippen molar-refractivity contribution in [1.29, 1.82) is 0 Å². The highest BCUT2D eigenvalue weighted by molar-refractivity contribution is 5.94. The van der Waals surface area contributed by atoms with Gasteiger partial charge < -0.3 is 10.6 Å². The maximum atomic E-state index is 12.4. The number of nitrogens with one attached hydrogen (secondary N) is 2. The van der Waals surface area contributed by atoms with Crippen LogP contribution in [-0.4, -0.2) is 24.9 Å². The molecule has 0 aliphatic rings. The zero-order chi connectivity index (χ0) is 17.2. The predicted octanol–water partition coefficient (Wildman–Crippen LogP) is 3.12. The third kappa shape index (κ3) is 5.23. The van der Waals surface area contributed by atoms with Crippen molar-refractivity contribution in [2.24, 2.45) is 0 Å². The van der Waals surface area contributed by atoms with Crippen molar-refractivity contribution in [2.75, 3.05) is 13.1 Å². The maximum Gasteiger partial charge on any atom is 0.251 e. The van der Waals surface area contributed by atoms with Gasteiger partial charge in [0.2, 0.25) is 5.91 Å². The lowest BCUT2D eigenvalue weighted by Crippen LogP contribution is -2.37. The molecule has 4 heteroatoms. The molecule has 0 radical (unpaired) electrons. The molecule has 0 aliphatic carbocycles. The molecule has 2 N–H and O–H groups in total. The standard InChI is InChI=1S/C20H24N2O2/c1-2-9-18(16-10-5-3-6-11-16)20(24)22-15-14-21-19(23)17-12-7-4-8-13-17/h3-8,10-13,18H,2,9,14-15H2,1H3,(H,21,23)(H,22,24)/t18-/m0/s1. The van der Waals surface area contributed by atoms with E-state index in [1.165, 1.54) is 0 Å². The predicted molar refractivity (Wildman–Crippen MR) is 95.9 cm³/mol. The molecule has 0 saturated carbocycles. The van der Waals surface area contributed by atoms with Crippen molar-refractivity contribution in [3.05, 3.63) is 71.8 Å². The Morgan fingerprint density at radius 3 is 2.08 bits per heavy atom. The van der Waals surface area contributed by atoms with Crippen LogP contribution in [0.2, 0.25) is 0 Å². The van der Waals surface area contributed by atoms with E-state index in [2.05, 4.69) is 17.6 Å². The highest BCUT2D eigenvalue weighted by Gasteiger charge is 2.18. The summed E-state index contributed by atoms with van der Waals surface area (Å²) in [5.74, 6) is -0.254. The summed E-state index contributed by atoms with van der Waals surface area (Å²) >= 11 is 0. The molecule has 1 atom stereocenters. The van der Waals surface area contributed by atoms with E-state index in [-0.39, 0.29) is 17.7 Å². The van der Waals surface area contributed by atoms with Crippen LogP contribution in [0.1, 0.15) is 41.6 Å². The summed E-state index contributed by atoms with van der Waals surface area (Å²) in [6, 6.07) is 18.9. The van der Waals surface area contributed by atoms with Crippen LogP contribution >= 0.6 is 0 Å². The van der Waals surface area contributed by atoms with Crippen molar-refractivity contribution in [3.63, 3.8) is 0 Å². The van der Waals surface area contributed by atoms with Gasteiger partial charge in [0.15, 0.2) is 0 Å². The van der Waals surface area contributed by atoms with E-state index in [0.29, 0.717) is 18.7 Å². The number of carbonyl (C=O) groups excluding carboxylic acids is 2. The van der Waals surface area contributed by atoms with Crippen molar-refractivity contribution in [1.82, 2.24) is 10.6 Å². The Hall–Kier alpha value is -2.62. The van der Waals surface area contributed by atoms with E-state index in [0.717, 1.165) is 18.4 Å². The van der Waals surface area contributed by atoms with Gasteiger partial charge in [-0.05, 0) is 24.1 Å². The van der Waals surface area contributed by atoms with Crippen molar-refractivity contribution >= 4 is 11.8 Å². The summed E-state index contributed by atoms with van der Waals surface area (Å²) in [6.07, 6.45) is 1.75. The number of benzene rings is 2. The lowest BCUT2D eigenvalue weighted by atomic mass is 9.94. The van der Waals surface area contributed by atoms with Gasteiger partial charge in [0.25, 0.3) is 5.91 Å². The minimum absolute atomic E-state index is 0.0111. The van der Waals surface area contributed by atoms with Gasteiger partial charge in [0.1, 0.15) is 0 Å². The Kier molecular flexibility index (Phi) is 7.02. The van der Waals surface area contributed by atoms with Gasteiger partial charge in [-0.25, -0.2) is 0 Å². The normalized spacial score (nSPS) is 11.5. The number of hydrogen-bond acceptors (Lipinski definition) is 2. The average molecular weight is 324 g/mol. The molecule has 0 unspecified atom stereocenters. The molecule has 4 nitrogen and oxygen atoms in total. The average Bonchev–Trinajstić information content (AvgIpc) is 2.64. The first-order valence-electron chi connectivity index (χ1n) is 8.38. The highest BCUT2D eigenvalue weighted by atomic mass is 16.2. The van der Waals surface area contributed by atoms with Crippen LogP contribution in [0.3, 0.4) is 0 Å². The molecule has 24 heavy (non-hydrogen) atoms. The lowest BCUT2D eigenvalue weighted by molar-refractivity contribution is -0.122. The Labute approximate surface area is 143 Å². The van der Waals surface area contributed by atoms with Crippen LogP contribution in [0.4, 0.5) is 0 Å². The fraction of sp³-hybridized carbons (Fsp3) is 0.300. The van der Waals surface area contributed by atoms with Crippen molar-refractivity contribution in [2.45, 2.75) is 25.7 Å². The van der Waals surface area contributed by atoms with Crippen molar-refractivity contribution < 1.29 is 9.59 Å². The monoisotopic (exact) mass is 324 g/mol. The third-order valence-electron chi connectivity index (χ3n) is 3.84. The van der Waals surface area contributed by atoms with Crippen LogP contribution in [0.15, 0.2) is 60.7 Å². The van der Waals surface area contributed by atoms with Crippen LogP contribution < -0.4 is 10.6 Å². The SMILES string of the molecule is CCC[C@H](C(=O)NCCNC(=O)c1ccccc1)c1ccccc1. The molecule has 0 fully saturated rings. The second-order valence-electron chi connectivity index (χ2n) is 5.66. The minimum Gasteiger partial charge on any atom is -0.354 e. The number of rotatable bonds is 8. The first kappa shape index (κ1) is 17.7. The van der Waals surface area contributed by atoms with E-state index < -0.39 is 0 Å². The quantitative estimate of drug-likeness (QED) is 0.733. The second kappa shape index (κ2) is 9.50. The summed E-state index contributed by atoms with van der Waals surface area (Å²) in [6.45, 7) is 2.90.